The fourth-order valence-corrected chi connectivity index (χ4v) is 1.13. The van der Waals surface area contributed by atoms with E-state index in [2.05, 4.69) is 20.8 Å². The Labute approximate surface area is 81.3 Å². The number of hydrogen-bond acceptors (Lipinski definition) is 2. The lowest BCUT2D eigenvalue weighted by Crippen LogP contribution is -2.17. The van der Waals surface area contributed by atoms with E-state index in [-0.39, 0.29) is 5.78 Å². The largest absolute Gasteiger partial charge is 0.386 e. The fraction of sp³-hybridized carbons (Fsp3) is 0.909. The SMILES string of the molecule is CCC(C)(C)CCCC(=O)C(C)O. The van der Waals surface area contributed by atoms with Crippen molar-refractivity contribution in [3.63, 3.8) is 0 Å². The molecule has 0 bridgehead atoms. The maximum Gasteiger partial charge on any atom is 0.160 e. The summed E-state index contributed by atoms with van der Waals surface area (Å²) in [6.45, 7) is 8.11. The summed E-state index contributed by atoms with van der Waals surface area (Å²) in [6.07, 6.45) is 2.81. The minimum absolute atomic E-state index is 0.0353. The predicted octanol–water partition coefficient (Wildman–Crippen LogP) is 2.54. The number of carbonyl (C=O) groups is 1. The van der Waals surface area contributed by atoms with E-state index in [1.165, 1.54) is 6.92 Å². The summed E-state index contributed by atoms with van der Waals surface area (Å²) in [7, 11) is 0. The molecular weight excluding hydrogens is 164 g/mol. The van der Waals surface area contributed by atoms with Gasteiger partial charge >= 0.3 is 0 Å². The molecule has 0 spiro atoms. The Morgan fingerprint density at radius 1 is 1.46 bits per heavy atom. The molecule has 0 fully saturated rings. The Morgan fingerprint density at radius 3 is 2.38 bits per heavy atom. The third kappa shape index (κ3) is 5.81. The van der Waals surface area contributed by atoms with Crippen molar-refractivity contribution in [1.29, 1.82) is 0 Å². The van der Waals surface area contributed by atoms with Crippen LogP contribution in [0.2, 0.25) is 0 Å². The van der Waals surface area contributed by atoms with Crippen LogP contribution in [0, 0.1) is 5.41 Å². The molecule has 0 heterocycles. The second-order valence-electron chi connectivity index (χ2n) is 4.51. The van der Waals surface area contributed by atoms with Crippen LogP contribution in [0.15, 0.2) is 0 Å². The standard InChI is InChI=1S/C11H22O2/c1-5-11(3,4)8-6-7-10(13)9(2)12/h9,12H,5-8H2,1-4H3. The maximum atomic E-state index is 11.1. The first-order valence-corrected chi connectivity index (χ1v) is 5.10. The Hall–Kier alpha value is -0.370. The highest BCUT2D eigenvalue weighted by Gasteiger charge is 2.16. The highest BCUT2D eigenvalue weighted by molar-refractivity contribution is 5.82. The molecule has 2 heteroatoms. The zero-order chi connectivity index (χ0) is 10.5. The van der Waals surface area contributed by atoms with E-state index in [4.69, 9.17) is 5.11 Å². The third-order valence-corrected chi connectivity index (χ3v) is 2.70. The molecule has 1 unspecified atom stereocenters. The van der Waals surface area contributed by atoms with Gasteiger partial charge in [0, 0.05) is 6.42 Å². The second-order valence-corrected chi connectivity index (χ2v) is 4.51. The maximum absolute atomic E-state index is 11.1. The van der Waals surface area contributed by atoms with Gasteiger partial charge in [-0.2, -0.15) is 0 Å². The van der Waals surface area contributed by atoms with Crippen molar-refractivity contribution in [2.75, 3.05) is 0 Å². The molecule has 0 aliphatic carbocycles. The van der Waals surface area contributed by atoms with Crippen molar-refractivity contribution in [3.05, 3.63) is 0 Å². The molecule has 0 saturated heterocycles. The molecule has 1 N–H and O–H groups in total. The van der Waals surface area contributed by atoms with Crippen molar-refractivity contribution in [2.24, 2.45) is 5.41 Å². The first kappa shape index (κ1) is 12.6. The van der Waals surface area contributed by atoms with Crippen molar-refractivity contribution in [2.45, 2.75) is 59.5 Å². The number of aliphatic hydroxyl groups excluding tert-OH is 1. The van der Waals surface area contributed by atoms with Gasteiger partial charge in [0.05, 0.1) is 0 Å². The number of rotatable bonds is 6. The summed E-state index contributed by atoms with van der Waals surface area (Å²) in [4.78, 5) is 11.1. The van der Waals surface area contributed by atoms with Crippen molar-refractivity contribution >= 4 is 5.78 Å². The van der Waals surface area contributed by atoms with E-state index in [9.17, 15) is 4.79 Å². The van der Waals surface area contributed by atoms with Crippen molar-refractivity contribution < 1.29 is 9.90 Å². The minimum Gasteiger partial charge on any atom is -0.386 e. The molecule has 78 valence electrons. The van der Waals surface area contributed by atoms with Gasteiger partial charge in [0.2, 0.25) is 0 Å². The molecule has 0 aromatic rings. The van der Waals surface area contributed by atoms with E-state index >= 15 is 0 Å². The molecular formula is C11H22O2. The third-order valence-electron chi connectivity index (χ3n) is 2.70. The number of aliphatic hydroxyl groups is 1. The van der Waals surface area contributed by atoms with Crippen LogP contribution < -0.4 is 0 Å². The smallest absolute Gasteiger partial charge is 0.160 e. The summed E-state index contributed by atoms with van der Waals surface area (Å²) in [6, 6.07) is 0. The van der Waals surface area contributed by atoms with E-state index < -0.39 is 6.10 Å². The molecule has 0 aromatic carbocycles. The molecule has 0 aliphatic heterocycles. The van der Waals surface area contributed by atoms with Gasteiger partial charge in [0.15, 0.2) is 5.78 Å². The lowest BCUT2D eigenvalue weighted by molar-refractivity contribution is -0.126. The monoisotopic (exact) mass is 186 g/mol. The zero-order valence-corrected chi connectivity index (χ0v) is 9.26. The average molecular weight is 186 g/mol. The van der Waals surface area contributed by atoms with Crippen LogP contribution in [0.25, 0.3) is 0 Å². The molecule has 0 radical (unpaired) electrons. The highest BCUT2D eigenvalue weighted by atomic mass is 16.3. The van der Waals surface area contributed by atoms with Crippen LogP contribution in [0.4, 0.5) is 0 Å². The fourth-order valence-electron chi connectivity index (χ4n) is 1.13. The molecule has 0 aromatic heterocycles. The van der Waals surface area contributed by atoms with E-state index in [0.717, 1.165) is 19.3 Å². The summed E-state index contributed by atoms with van der Waals surface area (Å²) in [5.74, 6) is -0.0353. The Kier molecular flexibility index (Phi) is 5.23. The molecule has 13 heavy (non-hydrogen) atoms. The van der Waals surface area contributed by atoms with Crippen LogP contribution in [-0.2, 0) is 4.79 Å². The topological polar surface area (TPSA) is 37.3 Å². The zero-order valence-electron chi connectivity index (χ0n) is 9.26. The Balaban J connectivity index is 3.62. The summed E-state index contributed by atoms with van der Waals surface area (Å²) >= 11 is 0. The molecule has 0 amide bonds. The van der Waals surface area contributed by atoms with Crippen LogP contribution in [0.3, 0.4) is 0 Å². The van der Waals surface area contributed by atoms with Gasteiger partial charge in [-0.25, -0.2) is 0 Å². The van der Waals surface area contributed by atoms with Gasteiger partial charge in [-0.1, -0.05) is 27.2 Å². The predicted molar refractivity (Wildman–Crippen MR) is 54.6 cm³/mol. The number of Topliss-reactive ketones (excluding diaryl/α,β-unsaturated/α-hetero) is 1. The van der Waals surface area contributed by atoms with Gasteiger partial charge < -0.3 is 5.11 Å². The number of carbonyl (C=O) groups excluding carboxylic acids is 1. The molecule has 0 saturated carbocycles. The molecule has 0 rings (SSSR count). The second kappa shape index (κ2) is 5.38. The molecule has 2 nitrogen and oxygen atoms in total. The number of ketones is 1. The van der Waals surface area contributed by atoms with Gasteiger partial charge in [0.25, 0.3) is 0 Å². The first-order valence-electron chi connectivity index (χ1n) is 5.10. The highest BCUT2D eigenvalue weighted by Crippen LogP contribution is 2.26. The molecule has 1 atom stereocenters. The van der Waals surface area contributed by atoms with Gasteiger partial charge in [-0.15, -0.1) is 0 Å². The lowest BCUT2D eigenvalue weighted by atomic mass is 9.84. The number of hydrogen-bond donors (Lipinski definition) is 1. The first-order chi connectivity index (χ1) is 5.89. The quantitative estimate of drug-likeness (QED) is 0.692. The van der Waals surface area contributed by atoms with E-state index in [1.54, 1.807) is 0 Å². The van der Waals surface area contributed by atoms with E-state index in [1.807, 2.05) is 0 Å². The van der Waals surface area contributed by atoms with Crippen LogP contribution in [0.1, 0.15) is 53.4 Å². The van der Waals surface area contributed by atoms with Gasteiger partial charge in [-0.3, -0.25) is 4.79 Å². The lowest BCUT2D eigenvalue weighted by Gasteiger charge is -2.22. The summed E-state index contributed by atoms with van der Waals surface area (Å²) in [5.41, 5.74) is 0.332. The Morgan fingerprint density at radius 2 is 2.00 bits per heavy atom. The molecule has 0 aliphatic rings. The van der Waals surface area contributed by atoms with E-state index in [0.29, 0.717) is 11.8 Å². The van der Waals surface area contributed by atoms with Gasteiger partial charge in [-0.05, 0) is 25.2 Å². The normalized spacial score (nSPS) is 14.2. The Bertz CT molecular complexity index is 159. The van der Waals surface area contributed by atoms with Crippen LogP contribution in [-0.4, -0.2) is 17.0 Å². The van der Waals surface area contributed by atoms with Crippen molar-refractivity contribution in [3.8, 4) is 0 Å². The van der Waals surface area contributed by atoms with Crippen LogP contribution >= 0.6 is 0 Å². The van der Waals surface area contributed by atoms with Crippen molar-refractivity contribution in [1.82, 2.24) is 0 Å². The summed E-state index contributed by atoms with van der Waals surface area (Å²) in [5, 5.41) is 8.96. The van der Waals surface area contributed by atoms with Gasteiger partial charge in [0.1, 0.15) is 6.10 Å². The average Bonchev–Trinajstić information content (AvgIpc) is 2.04. The summed E-state index contributed by atoms with van der Waals surface area (Å²) < 4.78 is 0. The minimum atomic E-state index is -0.787. The van der Waals surface area contributed by atoms with Crippen LogP contribution in [0.5, 0.6) is 0 Å².